The predicted octanol–water partition coefficient (Wildman–Crippen LogP) is 4.02. The number of imidazole rings is 1. The Hall–Kier alpha value is -4.00. The van der Waals surface area contributed by atoms with Crippen LogP contribution in [0.2, 0.25) is 0 Å². The number of halogens is 3. The molecule has 9 nitrogen and oxygen atoms in total. The molecule has 186 valence electrons. The van der Waals surface area contributed by atoms with Crippen molar-refractivity contribution in [3.63, 3.8) is 0 Å². The maximum atomic E-state index is 13.0. The highest BCUT2D eigenvalue weighted by Gasteiger charge is 2.31. The van der Waals surface area contributed by atoms with E-state index in [1.54, 1.807) is 12.5 Å². The molecule has 0 aliphatic rings. The van der Waals surface area contributed by atoms with Crippen molar-refractivity contribution in [1.82, 2.24) is 29.5 Å². The number of hydrogen-bond donors (Lipinski definition) is 0. The lowest BCUT2D eigenvalue weighted by molar-refractivity contribution is -0.137. The molecule has 36 heavy (non-hydrogen) atoms. The zero-order valence-electron chi connectivity index (χ0n) is 18.6. The molecule has 0 fully saturated rings. The third kappa shape index (κ3) is 4.87. The summed E-state index contributed by atoms with van der Waals surface area (Å²) in [7, 11) is -4.00. The zero-order chi connectivity index (χ0) is 25.3. The lowest BCUT2D eigenvalue weighted by atomic mass is 10.2. The molecule has 0 saturated carbocycles. The van der Waals surface area contributed by atoms with Crippen molar-refractivity contribution in [2.75, 3.05) is 5.75 Å². The van der Waals surface area contributed by atoms with Crippen molar-refractivity contribution in [3.8, 4) is 11.6 Å². The number of nitrogens with zero attached hydrogens (tertiary/aromatic N) is 6. The van der Waals surface area contributed by atoms with Gasteiger partial charge in [0.05, 0.1) is 34.6 Å². The largest absolute Gasteiger partial charge is 0.416 e. The Kier molecular flexibility index (Phi) is 6.08. The normalized spacial score (nSPS) is 12.4. The summed E-state index contributed by atoms with van der Waals surface area (Å²) in [5.41, 5.74) is 0.288. The summed E-state index contributed by atoms with van der Waals surface area (Å²) in [6, 6.07) is 11.2. The molecule has 0 aliphatic heterocycles. The number of para-hydroxylation sites is 1. The molecule has 13 heteroatoms. The van der Waals surface area contributed by atoms with Crippen LogP contribution in [-0.4, -0.2) is 43.6 Å². The van der Waals surface area contributed by atoms with Crippen molar-refractivity contribution >= 4 is 20.7 Å². The van der Waals surface area contributed by atoms with Gasteiger partial charge in [0.15, 0.2) is 21.4 Å². The molecule has 5 aromatic rings. The molecule has 0 bridgehead atoms. The SMILES string of the molecule is O=S(=O)(CCc1noc(-c2nn(CCn3ccnc3)c3ccccc23)n1)c1cccc(C(F)(F)F)c1. The Morgan fingerprint density at radius 2 is 1.86 bits per heavy atom. The van der Waals surface area contributed by atoms with Gasteiger partial charge in [-0.2, -0.15) is 23.3 Å². The molecule has 0 radical (unpaired) electrons. The summed E-state index contributed by atoms with van der Waals surface area (Å²) < 4.78 is 73.3. The number of hydrogen-bond acceptors (Lipinski definition) is 7. The minimum absolute atomic E-state index is 0.109. The molecule has 0 aliphatic carbocycles. The summed E-state index contributed by atoms with van der Waals surface area (Å²) in [6.07, 6.45) is 0.481. The van der Waals surface area contributed by atoms with Crippen LogP contribution in [0.1, 0.15) is 11.4 Å². The van der Waals surface area contributed by atoms with Crippen LogP contribution in [0.15, 0.2) is 76.7 Å². The standard InChI is InChI=1S/C23H19F3N6O3S/c24-23(25,26)16-4-3-5-17(14-16)36(33,34)13-8-20-28-22(35-30-20)21-18-6-1-2-7-19(18)32(29-21)12-11-31-10-9-27-15-31/h1-7,9-10,14-15H,8,11-13H2. The summed E-state index contributed by atoms with van der Waals surface area (Å²) >= 11 is 0. The van der Waals surface area contributed by atoms with E-state index in [-0.39, 0.29) is 18.1 Å². The third-order valence-electron chi connectivity index (χ3n) is 5.57. The number of benzene rings is 2. The molecule has 2 aromatic carbocycles. The van der Waals surface area contributed by atoms with Crippen LogP contribution in [-0.2, 0) is 35.5 Å². The Morgan fingerprint density at radius 3 is 2.64 bits per heavy atom. The van der Waals surface area contributed by atoms with Gasteiger partial charge in [-0.1, -0.05) is 29.4 Å². The van der Waals surface area contributed by atoms with E-state index in [0.717, 1.165) is 29.1 Å². The second-order valence-electron chi connectivity index (χ2n) is 8.00. The van der Waals surface area contributed by atoms with Crippen LogP contribution >= 0.6 is 0 Å². The van der Waals surface area contributed by atoms with E-state index in [1.807, 2.05) is 39.7 Å². The number of aromatic nitrogens is 6. The maximum absolute atomic E-state index is 13.0. The first-order chi connectivity index (χ1) is 17.2. The minimum Gasteiger partial charge on any atom is -0.336 e. The van der Waals surface area contributed by atoms with Crippen LogP contribution in [0, 0.1) is 0 Å². The topological polar surface area (TPSA) is 109 Å². The molecule has 0 N–H and O–H groups in total. The Bertz CT molecular complexity index is 1610. The van der Waals surface area contributed by atoms with E-state index in [2.05, 4.69) is 20.2 Å². The summed E-state index contributed by atoms with van der Waals surface area (Å²) in [5, 5.41) is 9.27. The number of aryl methyl sites for hydroxylation is 3. The van der Waals surface area contributed by atoms with E-state index in [4.69, 9.17) is 4.52 Å². The number of alkyl halides is 3. The Labute approximate surface area is 203 Å². The smallest absolute Gasteiger partial charge is 0.336 e. The Morgan fingerprint density at radius 1 is 1.03 bits per heavy atom. The highest BCUT2D eigenvalue weighted by Crippen LogP contribution is 2.31. The van der Waals surface area contributed by atoms with E-state index >= 15 is 0 Å². The van der Waals surface area contributed by atoms with Crippen molar-refractivity contribution in [2.24, 2.45) is 0 Å². The van der Waals surface area contributed by atoms with Crippen molar-refractivity contribution in [1.29, 1.82) is 0 Å². The van der Waals surface area contributed by atoms with Gasteiger partial charge in [0.2, 0.25) is 0 Å². The fourth-order valence-electron chi connectivity index (χ4n) is 3.75. The monoisotopic (exact) mass is 516 g/mol. The first-order valence-corrected chi connectivity index (χ1v) is 12.5. The van der Waals surface area contributed by atoms with Gasteiger partial charge in [0.1, 0.15) is 0 Å². The molecule has 0 unspecified atom stereocenters. The molecule has 0 spiro atoms. The maximum Gasteiger partial charge on any atom is 0.416 e. The van der Waals surface area contributed by atoms with Crippen molar-refractivity contribution in [3.05, 3.63) is 78.6 Å². The van der Waals surface area contributed by atoms with Crippen LogP contribution in [0.25, 0.3) is 22.5 Å². The van der Waals surface area contributed by atoms with Gasteiger partial charge in [0.25, 0.3) is 5.89 Å². The van der Waals surface area contributed by atoms with Gasteiger partial charge in [-0.25, -0.2) is 13.4 Å². The average Bonchev–Trinajstić information content (AvgIpc) is 3.61. The quantitative estimate of drug-likeness (QED) is 0.307. The molecule has 5 rings (SSSR count). The van der Waals surface area contributed by atoms with Crippen molar-refractivity contribution in [2.45, 2.75) is 30.6 Å². The molecule has 3 heterocycles. The van der Waals surface area contributed by atoms with Crippen molar-refractivity contribution < 1.29 is 26.1 Å². The summed E-state index contributed by atoms with van der Waals surface area (Å²) in [5.74, 6) is -0.246. The Balaban J connectivity index is 1.35. The van der Waals surface area contributed by atoms with E-state index < -0.39 is 32.2 Å². The first kappa shape index (κ1) is 23.7. The minimum atomic E-state index is -4.64. The predicted molar refractivity (Wildman–Crippen MR) is 122 cm³/mol. The van der Waals surface area contributed by atoms with E-state index in [1.165, 1.54) is 0 Å². The fraction of sp³-hybridized carbons (Fsp3) is 0.217. The second kappa shape index (κ2) is 9.22. The molecule has 0 amide bonds. The summed E-state index contributed by atoms with van der Waals surface area (Å²) in [4.78, 5) is 7.91. The molecule has 0 atom stereocenters. The van der Waals surface area contributed by atoms with Gasteiger partial charge in [0, 0.05) is 30.7 Å². The van der Waals surface area contributed by atoms with Crippen LogP contribution < -0.4 is 0 Å². The van der Waals surface area contributed by atoms with Gasteiger partial charge in [-0.15, -0.1) is 0 Å². The van der Waals surface area contributed by atoms with E-state index in [0.29, 0.717) is 24.8 Å². The molecule has 3 aromatic heterocycles. The van der Waals surface area contributed by atoms with Gasteiger partial charge >= 0.3 is 6.18 Å². The number of rotatable bonds is 8. The first-order valence-electron chi connectivity index (χ1n) is 10.8. The van der Waals surface area contributed by atoms with Crippen LogP contribution in [0.3, 0.4) is 0 Å². The van der Waals surface area contributed by atoms with Gasteiger partial charge in [-0.05, 0) is 24.3 Å². The number of sulfone groups is 1. The average molecular weight is 517 g/mol. The van der Waals surface area contributed by atoms with Crippen LogP contribution in [0.4, 0.5) is 13.2 Å². The molecular formula is C23H19F3N6O3S. The highest BCUT2D eigenvalue weighted by molar-refractivity contribution is 7.91. The van der Waals surface area contributed by atoms with Gasteiger partial charge < -0.3 is 9.09 Å². The van der Waals surface area contributed by atoms with Crippen LogP contribution in [0.5, 0.6) is 0 Å². The third-order valence-corrected chi connectivity index (χ3v) is 7.29. The second-order valence-corrected chi connectivity index (χ2v) is 10.1. The fourth-order valence-corrected chi connectivity index (χ4v) is 5.03. The highest BCUT2D eigenvalue weighted by atomic mass is 32.2. The lowest BCUT2D eigenvalue weighted by Gasteiger charge is -2.08. The zero-order valence-corrected chi connectivity index (χ0v) is 19.4. The number of fused-ring (bicyclic) bond motifs is 1. The summed E-state index contributed by atoms with van der Waals surface area (Å²) in [6.45, 7) is 1.21. The lowest BCUT2D eigenvalue weighted by Crippen LogP contribution is -2.12. The molecule has 0 saturated heterocycles. The molecular weight excluding hydrogens is 497 g/mol. The van der Waals surface area contributed by atoms with Gasteiger partial charge in [-0.3, -0.25) is 4.68 Å². The van der Waals surface area contributed by atoms with E-state index in [9.17, 15) is 21.6 Å².